The van der Waals surface area contributed by atoms with E-state index in [0.29, 0.717) is 17.3 Å². The van der Waals surface area contributed by atoms with Gasteiger partial charge >= 0.3 is 0 Å². The van der Waals surface area contributed by atoms with Crippen molar-refractivity contribution in [1.82, 2.24) is 9.55 Å². The molecule has 0 unspecified atom stereocenters. The topological polar surface area (TPSA) is 76.5 Å². The maximum absolute atomic E-state index is 13.1. The molecule has 7 nitrogen and oxygen atoms in total. The van der Waals surface area contributed by atoms with Crippen molar-refractivity contribution >= 4 is 28.4 Å². The average molecular weight is 392 g/mol. The second-order valence-electron chi connectivity index (χ2n) is 7.07. The number of amides is 1. The maximum atomic E-state index is 13.1. The molecule has 1 aromatic heterocycles. The van der Waals surface area contributed by atoms with Crippen LogP contribution in [0.5, 0.6) is 5.75 Å². The fourth-order valence-electron chi connectivity index (χ4n) is 3.71. The van der Waals surface area contributed by atoms with Gasteiger partial charge in [-0.2, -0.15) is 0 Å². The molecule has 7 heteroatoms. The third-order valence-electron chi connectivity index (χ3n) is 5.18. The molecule has 2 heterocycles. The summed E-state index contributed by atoms with van der Waals surface area (Å²) in [6.07, 6.45) is 2.30. The van der Waals surface area contributed by atoms with Crippen LogP contribution in [0.15, 0.2) is 53.3 Å². The van der Waals surface area contributed by atoms with Gasteiger partial charge < -0.3 is 19.5 Å². The smallest absolute Gasteiger partial charge is 0.294 e. The monoisotopic (exact) mass is 392 g/mol. The van der Waals surface area contributed by atoms with Gasteiger partial charge in [0, 0.05) is 26.1 Å². The van der Waals surface area contributed by atoms with Crippen molar-refractivity contribution in [3.05, 3.63) is 58.9 Å². The number of rotatable bonds is 6. The van der Waals surface area contributed by atoms with Crippen molar-refractivity contribution in [2.45, 2.75) is 25.8 Å². The number of nitrogens with one attached hydrogen (secondary N) is 1. The number of nitrogens with zero attached hydrogens (tertiary/aromatic N) is 3. The lowest BCUT2D eigenvalue weighted by Gasteiger charge is -2.19. The van der Waals surface area contributed by atoms with E-state index in [0.717, 1.165) is 37.0 Å². The minimum Gasteiger partial charge on any atom is -0.495 e. The summed E-state index contributed by atoms with van der Waals surface area (Å²) in [5.74, 6) is 0.903. The van der Waals surface area contributed by atoms with Gasteiger partial charge in [-0.05, 0) is 37.1 Å². The molecule has 3 aromatic rings. The molecule has 0 radical (unpaired) electrons. The maximum Gasteiger partial charge on any atom is 0.294 e. The molecule has 2 aromatic carbocycles. The Labute approximate surface area is 168 Å². The number of hydrogen-bond donors (Lipinski definition) is 1. The van der Waals surface area contributed by atoms with E-state index in [2.05, 4.69) is 10.3 Å². The van der Waals surface area contributed by atoms with Gasteiger partial charge in [-0.1, -0.05) is 24.3 Å². The number of ether oxygens (including phenoxy) is 1. The molecule has 1 aliphatic rings. The van der Waals surface area contributed by atoms with Crippen LogP contribution in [-0.4, -0.2) is 35.7 Å². The summed E-state index contributed by atoms with van der Waals surface area (Å²) >= 11 is 0. The summed E-state index contributed by atoms with van der Waals surface area (Å²) in [6, 6.07) is 14.8. The summed E-state index contributed by atoms with van der Waals surface area (Å²) < 4.78 is 6.94. The molecule has 1 N–H and O–H groups in total. The molecule has 150 valence electrons. The zero-order valence-electron chi connectivity index (χ0n) is 16.4. The van der Waals surface area contributed by atoms with Crippen LogP contribution in [0.3, 0.4) is 0 Å². The van der Waals surface area contributed by atoms with Crippen LogP contribution in [0.1, 0.15) is 19.3 Å². The highest BCUT2D eigenvalue weighted by atomic mass is 16.5. The van der Waals surface area contributed by atoms with E-state index >= 15 is 0 Å². The second-order valence-corrected chi connectivity index (χ2v) is 7.07. The Kier molecular flexibility index (Phi) is 5.46. The molecule has 0 bridgehead atoms. The Balaban J connectivity index is 1.59. The van der Waals surface area contributed by atoms with Gasteiger partial charge in [0.25, 0.3) is 5.56 Å². The highest BCUT2D eigenvalue weighted by Crippen LogP contribution is 2.23. The first-order chi connectivity index (χ1) is 14.2. The first kappa shape index (κ1) is 19.0. The lowest BCUT2D eigenvalue weighted by Crippen LogP contribution is -2.32. The SMILES string of the molecule is COc1ccccc1NC(=O)CCn1c(=O)c(N2CCCC2)nc2ccccc21. The van der Waals surface area contributed by atoms with Gasteiger partial charge in [-0.15, -0.1) is 0 Å². The molecule has 0 aliphatic carbocycles. The van der Waals surface area contributed by atoms with E-state index in [9.17, 15) is 9.59 Å². The van der Waals surface area contributed by atoms with Crippen LogP contribution in [0.4, 0.5) is 11.5 Å². The number of fused-ring (bicyclic) bond motifs is 1. The van der Waals surface area contributed by atoms with Crippen molar-refractivity contribution in [3.63, 3.8) is 0 Å². The molecule has 1 saturated heterocycles. The van der Waals surface area contributed by atoms with Gasteiger partial charge in [0.15, 0.2) is 5.82 Å². The van der Waals surface area contributed by atoms with Crippen molar-refractivity contribution < 1.29 is 9.53 Å². The van der Waals surface area contributed by atoms with Crippen molar-refractivity contribution in [2.24, 2.45) is 0 Å². The molecular formula is C22H24N4O3. The van der Waals surface area contributed by atoms with Crippen LogP contribution in [0.25, 0.3) is 11.0 Å². The predicted molar refractivity (Wildman–Crippen MR) is 114 cm³/mol. The number of methoxy groups -OCH3 is 1. The minimum atomic E-state index is -0.176. The number of anilines is 2. The molecule has 0 spiro atoms. The molecule has 4 rings (SSSR count). The van der Waals surface area contributed by atoms with E-state index in [1.165, 1.54) is 0 Å². The van der Waals surface area contributed by atoms with Crippen LogP contribution in [0.2, 0.25) is 0 Å². The summed E-state index contributed by atoms with van der Waals surface area (Å²) in [5.41, 5.74) is 1.98. The summed E-state index contributed by atoms with van der Waals surface area (Å²) in [7, 11) is 1.56. The van der Waals surface area contributed by atoms with Gasteiger partial charge in [0.2, 0.25) is 5.91 Å². The van der Waals surface area contributed by atoms with Gasteiger partial charge in [-0.3, -0.25) is 9.59 Å². The fraction of sp³-hybridized carbons (Fsp3) is 0.318. The fourth-order valence-corrected chi connectivity index (χ4v) is 3.71. The van der Waals surface area contributed by atoms with E-state index in [4.69, 9.17) is 4.74 Å². The van der Waals surface area contributed by atoms with Crippen LogP contribution >= 0.6 is 0 Å². The number of benzene rings is 2. The zero-order chi connectivity index (χ0) is 20.2. The van der Waals surface area contributed by atoms with Crippen LogP contribution < -0.4 is 20.5 Å². The Bertz CT molecular complexity index is 1090. The second kappa shape index (κ2) is 8.34. The quantitative estimate of drug-likeness (QED) is 0.698. The zero-order valence-corrected chi connectivity index (χ0v) is 16.4. The molecule has 1 fully saturated rings. The van der Waals surface area contributed by atoms with E-state index in [1.807, 2.05) is 41.3 Å². The van der Waals surface area contributed by atoms with E-state index < -0.39 is 0 Å². The molecule has 0 atom stereocenters. The molecule has 1 aliphatic heterocycles. The Morgan fingerprint density at radius 3 is 2.62 bits per heavy atom. The van der Waals surface area contributed by atoms with E-state index in [1.54, 1.807) is 23.8 Å². The largest absolute Gasteiger partial charge is 0.495 e. The highest BCUT2D eigenvalue weighted by molar-refractivity contribution is 5.92. The van der Waals surface area contributed by atoms with Gasteiger partial charge in [0.1, 0.15) is 5.75 Å². The number of hydrogen-bond acceptors (Lipinski definition) is 5. The molecular weight excluding hydrogens is 368 g/mol. The van der Waals surface area contributed by atoms with Crippen LogP contribution in [-0.2, 0) is 11.3 Å². The van der Waals surface area contributed by atoms with Crippen LogP contribution in [0, 0.1) is 0 Å². The third kappa shape index (κ3) is 3.94. The number of carbonyl (C=O) groups excluding carboxylic acids is 1. The predicted octanol–water partition coefficient (Wildman–Crippen LogP) is 3.03. The lowest BCUT2D eigenvalue weighted by atomic mass is 10.2. The first-order valence-electron chi connectivity index (χ1n) is 9.85. The molecule has 29 heavy (non-hydrogen) atoms. The number of carbonyl (C=O) groups is 1. The van der Waals surface area contributed by atoms with E-state index in [-0.39, 0.29) is 24.4 Å². The molecule has 1 amide bonds. The number of aryl methyl sites for hydroxylation is 1. The summed E-state index contributed by atoms with van der Waals surface area (Å²) in [6.45, 7) is 1.97. The Morgan fingerprint density at radius 1 is 1.10 bits per heavy atom. The Hall–Kier alpha value is -3.35. The van der Waals surface area contributed by atoms with Gasteiger partial charge in [0.05, 0.1) is 23.8 Å². The molecule has 0 saturated carbocycles. The third-order valence-corrected chi connectivity index (χ3v) is 5.18. The first-order valence-corrected chi connectivity index (χ1v) is 9.85. The van der Waals surface area contributed by atoms with Crippen molar-refractivity contribution in [2.75, 3.05) is 30.4 Å². The Morgan fingerprint density at radius 2 is 1.83 bits per heavy atom. The summed E-state index contributed by atoms with van der Waals surface area (Å²) in [4.78, 5) is 32.3. The minimum absolute atomic E-state index is 0.143. The van der Waals surface area contributed by atoms with Crippen molar-refractivity contribution in [3.8, 4) is 5.75 Å². The lowest BCUT2D eigenvalue weighted by molar-refractivity contribution is -0.116. The van der Waals surface area contributed by atoms with Crippen molar-refractivity contribution in [1.29, 1.82) is 0 Å². The number of para-hydroxylation sites is 4. The highest BCUT2D eigenvalue weighted by Gasteiger charge is 2.20. The summed E-state index contributed by atoms with van der Waals surface area (Å²) in [5, 5.41) is 2.86. The number of aromatic nitrogens is 2. The standard InChI is InChI=1S/C22H24N4O3/c1-29-19-11-5-3-9-17(19)23-20(27)12-15-26-18-10-4-2-8-16(18)24-21(22(26)28)25-13-6-7-14-25/h2-5,8-11H,6-7,12-15H2,1H3,(H,23,27). The normalized spacial score (nSPS) is 13.6. The van der Waals surface area contributed by atoms with Gasteiger partial charge in [-0.25, -0.2) is 4.98 Å². The average Bonchev–Trinajstić information content (AvgIpc) is 3.28.